The molecule has 95 valence electrons. The quantitative estimate of drug-likeness (QED) is 0.425. The first-order chi connectivity index (χ1) is 6.81. The van der Waals surface area contributed by atoms with E-state index in [0.29, 0.717) is 0 Å². The van der Waals surface area contributed by atoms with E-state index in [-0.39, 0.29) is 17.1 Å². The van der Waals surface area contributed by atoms with E-state index in [1.165, 1.54) is 0 Å². The third-order valence-corrected chi connectivity index (χ3v) is 4.09. The second kappa shape index (κ2) is 22.1. The van der Waals surface area contributed by atoms with Crippen LogP contribution in [0.1, 0.15) is 20.8 Å². The summed E-state index contributed by atoms with van der Waals surface area (Å²) < 4.78 is 3.01. The summed E-state index contributed by atoms with van der Waals surface area (Å²) in [6.07, 6.45) is 5.92. The fourth-order valence-electron chi connectivity index (χ4n) is 0. The Hall–Kier alpha value is 1.84. The number of hydrogen-bond acceptors (Lipinski definition) is 6. The molecule has 0 unspecified atom stereocenters. The van der Waals surface area contributed by atoms with Gasteiger partial charge in [-0.05, 0) is 39.5 Å². The fraction of sp³-hybridized carbons (Fsp3) is 0.667. The Morgan fingerprint density at radius 2 is 0.688 bits per heavy atom. The van der Waals surface area contributed by atoms with Crippen LogP contribution in [0.3, 0.4) is 0 Å². The Balaban J connectivity index is -0.0000000655. The van der Waals surface area contributed by atoms with E-state index in [1.807, 2.05) is 39.5 Å². The molecule has 0 aromatic rings. The summed E-state index contributed by atoms with van der Waals surface area (Å²) in [5.74, 6) is 0. The molecule has 16 heavy (non-hydrogen) atoms. The minimum absolute atomic E-state index is 0. The molecule has 0 aliphatic heterocycles. The van der Waals surface area contributed by atoms with Crippen molar-refractivity contribution >= 4 is 84.5 Å². The van der Waals surface area contributed by atoms with Crippen LogP contribution in [0.5, 0.6) is 0 Å². The summed E-state index contributed by atoms with van der Waals surface area (Å²) in [7, 11) is 0. The zero-order valence-corrected chi connectivity index (χ0v) is 16.3. The number of thioether (sulfide) groups is 3. The van der Waals surface area contributed by atoms with Gasteiger partial charge in [0.2, 0.25) is 0 Å². The molecule has 0 aromatic carbocycles. The van der Waals surface area contributed by atoms with Gasteiger partial charge in [-0.3, -0.25) is 0 Å². The second-order valence-corrected chi connectivity index (χ2v) is 7.76. The van der Waals surface area contributed by atoms with E-state index >= 15 is 0 Å². The predicted molar refractivity (Wildman–Crippen MR) is 95.4 cm³/mol. The minimum Gasteiger partial charge on any atom is -0.123 e. The normalized spacial score (nSPS) is 7.12. The van der Waals surface area contributed by atoms with Gasteiger partial charge < -0.3 is 0 Å². The van der Waals surface area contributed by atoms with Gasteiger partial charge in [0.1, 0.15) is 0 Å². The Bertz CT molecular complexity index is 159. The third-order valence-electron chi connectivity index (χ3n) is 0.862. The van der Waals surface area contributed by atoms with Crippen molar-refractivity contribution in [3.05, 3.63) is 0 Å². The summed E-state index contributed by atoms with van der Waals surface area (Å²) in [6.45, 7) is 5.75. The SMILES string of the molecule is CSC(C)=S.CSC(C)=S.CSC(C)=S.[Fe+3]. The van der Waals surface area contributed by atoms with Gasteiger partial charge in [-0.2, -0.15) is 0 Å². The molecule has 1 radical (unpaired) electrons. The first-order valence-corrected chi connectivity index (χ1v) is 8.85. The van der Waals surface area contributed by atoms with Crippen molar-refractivity contribution < 1.29 is 17.1 Å². The van der Waals surface area contributed by atoms with E-state index in [2.05, 4.69) is 36.7 Å². The Morgan fingerprint density at radius 1 is 0.625 bits per heavy atom. The van der Waals surface area contributed by atoms with Crippen LogP contribution in [-0.2, 0) is 17.1 Å². The molecule has 0 bridgehead atoms. The van der Waals surface area contributed by atoms with Crippen LogP contribution < -0.4 is 0 Å². The number of hydrogen-bond donors (Lipinski definition) is 0. The standard InChI is InChI=1S/3C3H6S2.Fe/c3*1-3(4)5-2;/h3*1-2H3;/q;;;+3. The van der Waals surface area contributed by atoms with Gasteiger partial charge in [0.05, 0.1) is 0 Å². The van der Waals surface area contributed by atoms with Crippen LogP contribution in [0.25, 0.3) is 0 Å². The van der Waals surface area contributed by atoms with E-state index in [4.69, 9.17) is 0 Å². The molecule has 0 heterocycles. The predicted octanol–water partition coefficient (Wildman–Crippen LogP) is 5.09. The first kappa shape index (κ1) is 26.4. The van der Waals surface area contributed by atoms with Gasteiger partial charge in [-0.1, -0.05) is 36.7 Å². The zero-order chi connectivity index (χ0) is 12.9. The van der Waals surface area contributed by atoms with Gasteiger partial charge in [0.15, 0.2) is 0 Å². The van der Waals surface area contributed by atoms with Crippen molar-refractivity contribution in [3.8, 4) is 0 Å². The van der Waals surface area contributed by atoms with Crippen LogP contribution in [-0.4, -0.2) is 31.4 Å². The molecule has 0 aromatic heterocycles. The Labute approximate surface area is 140 Å². The topological polar surface area (TPSA) is 0 Å². The molecule has 0 saturated carbocycles. The van der Waals surface area contributed by atoms with Gasteiger partial charge >= 0.3 is 17.1 Å². The molecule has 0 nitrogen and oxygen atoms in total. The molecular weight excluding hydrogens is 356 g/mol. The fourth-order valence-corrected chi connectivity index (χ4v) is 0. The summed E-state index contributed by atoms with van der Waals surface area (Å²) in [6, 6.07) is 0. The molecule has 7 heteroatoms. The van der Waals surface area contributed by atoms with E-state index in [1.54, 1.807) is 35.3 Å². The molecular formula is C9H18FeS6+3. The molecule has 0 saturated heterocycles. The average Bonchev–Trinajstić information content (AvgIpc) is 2.19. The van der Waals surface area contributed by atoms with Gasteiger partial charge in [0.25, 0.3) is 0 Å². The number of thiocarbonyl (C=S) groups is 3. The van der Waals surface area contributed by atoms with Crippen molar-refractivity contribution in [2.24, 2.45) is 0 Å². The smallest absolute Gasteiger partial charge is 0.123 e. The maximum atomic E-state index is 4.66. The van der Waals surface area contributed by atoms with Gasteiger partial charge in [-0.15, -0.1) is 35.3 Å². The summed E-state index contributed by atoms with van der Waals surface area (Å²) >= 11 is 18.8. The van der Waals surface area contributed by atoms with Crippen molar-refractivity contribution in [1.29, 1.82) is 0 Å². The monoisotopic (exact) mass is 374 g/mol. The molecule has 0 aliphatic carbocycles. The first-order valence-electron chi connectivity index (χ1n) is 3.95. The second-order valence-electron chi connectivity index (χ2n) is 2.09. The molecule has 0 spiro atoms. The van der Waals surface area contributed by atoms with Crippen molar-refractivity contribution in [1.82, 2.24) is 0 Å². The summed E-state index contributed by atoms with van der Waals surface area (Å²) in [5, 5.41) is 0. The van der Waals surface area contributed by atoms with Crippen LogP contribution in [0, 0.1) is 0 Å². The van der Waals surface area contributed by atoms with Crippen molar-refractivity contribution in [2.45, 2.75) is 20.8 Å². The minimum atomic E-state index is 0. The van der Waals surface area contributed by atoms with Crippen LogP contribution >= 0.6 is 71.9 Å². The Morgan fingerprint density at radius 3 is 0.688 bits per heavy atom. The molecule has 0 N–H and O–H groups in total. The molecule has 0 aliphatic rings. The molecule has 0 atom stereocenters. The van der Waals surface area contributed by atoms with Crippen LogP contribution in [0.2, 0.25) is 0 Å². The van der Waals surface area contributed by atoms with Crippen molar-refractivity contribution in [2.75, 3.05) is 18.8 Å². The average molecular weight is 374 g/mol. The van der Waals surface area contributed by atoms with E-state index < -0.39 is 0 Å². The largest absolute Gasteiger partial charge is 3.00 e. The summed E-state index contributed by atoms with van der Waals surface area (Å²) in [4.78, 5) is 0. The van der Waals surface area contributed by atoms with E-state index in [9.17, 15) is 0 Å². The molecule has 0 rings (SSSR count). The van der Waals surface area contributed by atoms with Crippen LogP contribution in [0.15, 0.2) is 0 Å². The van der Waals surface area contributed by atoms with Gasteiger partial charge in [-0.25, -0.2) is 0 Å². The van der Waals surface area contributed by atoms with Crippen molar-refractivity contribution in [3.63, 3.8) is 0 Å². The van der Waals surface area contributed by atoms with Gasteiger partial charge in [0, 0.05) is 12.6 Å². The van der Waals surface area contributed by atoms with Crippen LogP contribution in [0.4, 0.5) is 0 Å². The maximum Gasteiger partial charge on any atom is 3.00 e. The zero-order valence-electron chi connectivity index (χ0n) is 10.3. The third kappa shape index (κ3) is 56.8. The number of rotatable bonds is 0. The maximum absolute atomic E-state index is 4.66. The van der Waals surface area contributed by atoms with E-state index in [0.717, 1.165) is 12.6 Å². The molecule has 0 fully saturated rings. The Kier molecular flexibility index (Phi) is 36.4. The molecule has 0 amide bonds. The summed E-state index contributed by atoms with van der Waals surface area (Å²) in [5.41, 5.74) is 0.